The number of hydrogen-bond donors (Lipinski definition) is 2. The van der Waals surface area contributed by atoms with Gasteiger partial charge in [0.1, 0.15) is 0 Å². The predicted octanol–water partition coefficient (Wildman–Crippen LogP) is 0.135. The summed E-state index contributed by atoms with van der Waals surface area (Å²) in [6.07, 6.45) is 0.337. The van der Waals surface area contributed by atoms with Crippen LogP contribution in [0.25, 0.3) is 0 Å². The Morgan fingerprint density at radius 2 is 2.11 bits per heavy atom. The average molecular weight is 132 g/mol. The standard InChI is InChI=1S/C6H16N2O/c1-6(2)9-5-4-8-7-3/h6-8H,4-5H2,1-3H3. The Kier molecular flexibility index (Phi) is 5.93. The average Bonchev–Trinajstić information content (AvgIpc) is 1.80. The summed E-state index contributed by atoms with van der Waals surface area (Å²) in [6.45, 7) is 5.67. The molecule has 2 N–H and O–H groups in total. The van der Waals surface area contributed by atoms with Crippen molar-refractivity contribution in [2.24, 2.45) is 0 Å². The van der Waals surface area contributed by atoms with Gasteiger partial charge >= 0.3 is 0 Å². The van der Waals surface area contributed by atoms with E-state index in [1.54, 1.807) is 0 Å². The number of rotatable bonds is 5. The molecule has 0 radical (unpaired) electrons. The molecule has 0 aliphatic carbocycles. The second-order valence-corrected chi connectivity index (χ2v) is 2.10. The van der Waals surface area contributed by atoms with Crippen molar-refractivity contribution < 1.29 is 4.74 Å². The van der Waals surface area contributed by atoms with E-state index in [-0.39, 0.29) is 0 Å². The van der Waals surface area contributed by atoms with E-state index in [0.717, 1.165) is 13.2 Å². The van der Waals surface area contributed by atoms with Gasteiger partial charge in [0.25, 0.3) is 0 Å². The van der Waals surface area contributed by atoms with Gasteiger partial charge in [0, 0.05) is 6.54 Å². The zero-order chi connectivity index (χ0) is 7.11. The van der Waals surface area contributed by atoms with Crippen LogP contribution in [0.2, 0.25) is 0 Å². The summed E-state index contributed by atoms with van der Waals surface area (Å²) < 4.78 is 5.24. The quantitative estimate of drug-likeness (QED) is 0.412. The molecule has 0 aromatic heterocycles. The first-order valence-corrected chi connectivity index (χ1v) is 3.28. The molecule has 0 fully saturated rings. The van der Waals surface area contributed by atoms with Crippen molar-refractivity contribution in [2.75, 3.05) is 20.2 Å². The van der Waals surface area contributed by atoms with Crippen LogP contribution in [0.3, 0.4) is 0 Å². The smallest absolute Gasteiger partial charge is 0.0608 e. The van der Waals surface area contributed by atoms with Gasteiger partial charge < -0.3 is 4.74 Å². The van der Waals surface area contributed by atoms with Crippen molar-refractivity contribution in [2.45, 2.75) is 20.0 Å². The molecule has 0 spiro atoms. The maximum Gasteiger partial charge on any atom is 0.0608 e. The molecule has 56 valence electrons. The van der Waals surface area contributed by atoms with Crippen LogP contribution in [0.5, 0.6) is 0 Å². The van der Waals surface area contributed by atoms with Crippen LogP contribution in [0.1, 0.15) is 13.8 Å². The molecule has 0 bridgehead atoms. The van der Waals surface area contributed by atoms with Crippen molar-refractivity contribution in [3.8, 4) is 0 Å². The Morgan fingerprint density at radius 1 is 1.44 bits per heavy atom. The zero-order valence-corrected chi connectivity index (χ0v) is 6.40. The molecule has 0 saturated carbocycles. The highest BCUT2D eigenvalue weighted by Gasteiger charge is 1.89. The minimum absolute atomic E-state index is 0.337. The van der Waals surface area contributed by atoms with Gasteiger partial charge in [0.2, 0.25) is 0 Å². The van der Waals surface area contributed by atoms with Gasteiger partial charge in [0.05, 0.1) is 12.7 Å². The molecule has 0 unspecified atom stereocenters. The predicted molar refractivity (Wildman–Crippen MR) is 38.2 cm³/mol. The van der Waals surface area contributed by atoms with Gasteiger partial charge in [-0.15, -0.1) is 0 Å². The third-order valence-electron chi connectivity index (χ3n) is 0.855. The molecule has 3 heteroatoms. The molecule has 3 nitrogen and oxygen atoms in total. The van der Waals surface area contributed by atoms with Gasteiger partial charge in [0.15, 0.2) is 0 Å². The summed E-state index contributed by atoms with van der Waals surface area (Å²) >= 11 is 0. The lowest BCUT2D eigenvalue weighted by atomic mass is 10.5. The maximum absolute atomic E-state index is 5.24. The summed E-state index contributed by atoms with van der Waals surface area (Å²) in [4.78, 5) is 0. The molecule has 9 heavy (non-hydrogen) atoms. The van der Waals surface area contributed by atoms with E-state index in [4.69, 9.17) is 4.74 Å². The van der Waals surface area contributed by atoms with Crippen LogP contribution < -0.4 is 10.9 Å². The van der Waals surface area contributed by atoms with Crippen LogP contribution in [-0.4, -0.2) is 26.3 Å². The summed E-state index contributed by atoms with van der Waals surface area (Å²) in [5, 5.41) is 0. The molecule has 0 aliphatic heterocycles. The second kappa shape index (κ2) is 6.01. The fourth-order valence-corrected chi connectivity index (χ4v) is 0.471. The number of nitrogens with one attached hydrogen (secondary N) is 2. The van der Waals surface area contributed by atoms with E-state index >= 15 is 0 Å². The largest absolute Gasteiger partial charge is 0.377 e. The van der Waals surface area contributed by atoms with E-state index in [1.807, 2.05) is 20.9 Å². The first kappa shape index (κ1) is 8.88. The monoisotopic (exact) mass is 132 g/mol. The normalized spacial score (nSPS) is 10.7. The molecule has 0 heterocycles. The lowest BCUT2D eigenvalue weighted by Crippen LogP contribution is -2.31. The van der Waals surface area contributed by atoms with E-state index in [0.29, 0.717) is 6.10 Å². The third kappa shape index (κ3) is 7.88. The van der Waals surface area contributed by atoms with Crippen LogP contribution in [0.4, 0.5) is 0 Å². The SMILES string of the molecule is CNNCCOC(C)C. The number of hydrogen-bond acceptors (Lipinski definition) is 3. The maximum atomic E-state index is 5.24. The van der Waals surface area contributed by atoms with E-state index in [1.165, 1.54) is 0 Å². The molecule has 0 aliphatic rings. The van der Waals surface area contributed by atoms with Crippen LogP contribution in [-0.2, 0) is 4.74 Å². The van der Waals surface area contributed by atoms with Gasteiger partial charge in [-0.2, -0.15) is 0 Å². The van der Waals surface area contributed by atoms with Gasteiger partial charge in [-0.3, -0.25) is 10.9 Å². The van der Waals surface area contributed by atoms with E-state index < -0.39 is 0 Å². The Morgan fingerprint density at radius 3 is 2.56 bits per heavy atom. The number of ether oxygens (including phenoxy) is 1. The van der Waals surface area contributed by atoms with E-state index in [9.17, 15) is 0 Å². The fourth-order valence-electron chi connectivity index (χ4n) is 0.471. The van der Waals surface area contributed by atoms with Crippen molar-refractivity contribution in [1.82, 2.24) is 10.9 Å². The summed E-state index contributed by atoms with van der Waals surface area (Å²) in [6, 6.07) is 0. The lowest BCUT2D eigenvalue weighted by molar-refractivity contribution is 0.0795. The van der Waals surface area contributed by atoms with Gasteiger partial charge in [-0.05, 0) is 20.9 Å². The molecule has 0 aromatic carbocycles. The zero-order valence-electron chi connectivity index (χ0n) is 6.40. The Hall–Kier alpha value is -0.120. The summed E-state index contributed by atoms with van der Waals surface area (Å²) in [5.74, 6) is 0. The number of hydrazine groups is 1. The highest BCUT2D eigenvalue weighted by molar-refractivity contribution is 4.39. The Balaban J connectivity index is 2.75. The molecule has 0 amide bonds. The van der Waals surface area contributed by atoms with Crippen LogP contribution in [0.15, 0.2) is 0 Å². The minimum atomic E-state index is 0.337. The van der Waals surface area contributed by atoms with Crippen molar-refractivity contribution >= 4 is 0 Å². The fraction of sp³-hybridized carbons (Fsp3) is 1.00. The molecule has 0 saturated heterocycles. The molecule has 0 rings (SSSR count). The van der Waals surface area contributed by atoms with Crippen LogP contribution in [0, 0.1) is 0 Å². The minimum Gasteiger partial charge on any atom is -0.377 e. The topological polar surface area (TPSA) is 33.3 Å². The highest BCUT2D eigenvalue weighted by atomic mass is 16.5. The van der Waals surface area contributed by atoms with Crippen molar-refractivity contribution in [3.63, 3.8) is 0 Å². The Labute approximate surface area is 56.7 Å². The molecular formula is C6H16N2O. The molecule has 0 atom stereocenters. The Bertz CT molecular complexity index is 57.0. The first-order valence-electron chi connectivity index (χ1n) is 3.28. The second-order valence-electron chi connectivity index (χ2n) is 2.10. The summed E-state index contributed by atoms with van der Waals surface area (Å²) in [7, 11) is 1.84. The lowest BCUT2D eigenvalue weighted by Gasteiger charge is -2.06. The third-order valence-corrected chi connectivity index (χ3v) is 0.855. The van der Waals surface area contributed by atoms with Gasteiger partial charge in [-0.25, -0.2) is 0 Å². The van der Waals surface area contributed by atoms with Gasteiger partial charge in [-0.1, -0.05) is 0 Å². The molecular weight excluding hydrogens is 116 g/mol. The van der Waals surface area contributed by atoms with Crippen molar-refractivity contribution in [1.29, 1.82) is 0 Å². The van der Waals surface area contributed by atoms with Crippen LogP contribution >= 0.6 is 0 Å². The first-order chi connectivity index (χ1) is 4.27. The van der Waals surface area contributed by atoms with E-state index in [2.05, 4.69) is 10.9 Å². The highest BCUT2D eigenvalue weighted by Crippen LogP contribution is 1.83. The van der Waals surface area contributed by atoms with Crippen molar-refractivity contribution in [3.05, 3.63) is 0 Å². The summed E-state index contributed by atoms with van der Waals surface area (Å²) in [5.41, 5.74) is 5.74. The molecule has 0 aromatic rings.